The molecular weight excluding hydrogens is 542 g/mol. The van der Waals surface area contributed by atoms with Gasteiger partial charge in [-0.25, -0.2) is 0 Å². The van der Waals surface area contributed by atoms with Crippen molar-refractivity contribution in [1.82, 2.24) is 0 Å². The van der Waals surface area contributed by atoms with E-state index in [0.29, 0.717) is 0 Å². The fraction of sp³-hybridized carbons (Fsp3) is 0.0455. The van der Waals surface area contributed by atoms with Gasteiger partial charge in [0.15, 0.2) is 0 Å². The third kappa shape index (κ3) is 8.04. The summed E-state index contributed by atoms with van der Waals surface area (Å²) in [5.41, 5.74) is 12.9. The molecular formula is C44H37N. The Morgan fingerprint density at radius 3 is 0.822 bits per heavy atom. The molecule has 0 radical (unpaired) electrons. The van der Waals surface area contributed by atoms with Crippen LogP contribution in [0.4, 0.5) is 17.1 Å². The summed E-state index contributed by atoms with van der Waals surface area (Å²) in [5.74, 6) is 0. The zero-order valence-electron chi connectivity index (χ0n) is 25.8. The van der Waals surface area contributed by atoms with Crippen molar-refractivity contribution in [3.8, 4) is 0 Å². The van der Waals surface area contributed by atoms with Crippen molar-refractivity contribution >= 4 is 53.5 Å². The Labute approximate surface area is 267 Å². The lowest BCUT2D eigenvalue weighted by Gasteiger charge is -2.26. The van der Waals surface area contributed by atoms with E-state index in [0.717, 1.165) is 33.8 Å². The van der Waals surface area contributed by atoms with E-state index >= 15 is 0 Å². The van der Waals surface area contributed by atoms with Crippen LogP contribution in [-0.4, -0.2) is 0 Å². The summed E-state index contributed by atoms with van der Waals surface area (Å²) in [6, 6.07) is 53.9. The quantitative estimate of drug-likeness (QED) is 0.154. The number of hydrogen-bond acceptors (Lipinski definition) is 1. The molecule has 1 heteroatoms. The Morgan fingerprint density at radius 2 is 0.533 bits per heavy atom. The molecule has 6 aromatic carbocycles. The highest BCUT2D eigenvalue weighted by atomic mass is 15.1. The largest absolute Gasteiger partial charge is 0.311 e. The minimum atomic E-state index is 1.11. The molecule has 45 heavy (non-hydrogen) atoms. The van der Waals surface area contributed by atoms with Crippen LogP contribution >= 0.6 is 0 Å². The van der Waals surface area contributed by atoms with Crippen molar-refractivity contribution in [1.29, 1.82) is 0 Å². The molecule has 0 N–H and O–H groups in total. The van der Waals surface area contributed by atoms with Gasteiger partial charge in [0.1, 0.15) is 0 Å². The lowest BCUT2D eigenvalue weighted by molar-refractivity contribution is 1.28. The maximum atomic E-state index is 2.31. The van der Waals surface area contributed by atoms with Gasteiger partial charge in [-0.1, -0.05) is 163 Å². The van der Waals surface area contributed by atoms with E-state index < -0.39 is 0 Å². The SMILES string of the molecule is Cc1ccc(/C=C/c2ccc(N(c3ccc(/C=C/c4ccccc4)cc3)c3ccc(/C=C/c4ccc(C)cc4)cc3)cc2)cc1. The van der Waals surface area contributed by atoms with Crippen LogP contribution in [0, 0.1) is 13.8 Å². The van der Waals surface area contributed by atoms with Crippen molar-refractivity contribution in [2.45, 2.75) is 13.8 Å². The third-order valence-electron chi connectivity index (χ3n) is 7.81. The second-order valence-electron chi connectivity index (χ2n) is 11.3. The second-order valence-corrected chi connectivity index (χ2v) is 11.3. The highest BCUT2D eigenvalue weighted by molar-refractivity contribution is 5.80. The van der Waals surface area contributed by atoms with Crippen molar-refractivity contribution in [3.05, 3.63) is 196 Å². The number of nitrogens with zero attached hydrogens (tertiary/aromatic N) is 1. The smallest absolute Gasteiger partial charge is 0.0462 e. The molecule has 0 amide bonds. The zero-order valence-corrected chi connectivity index (χ0v) is 25.8. The molecule has 0 heterocycles. The van der Waals surface area contributed by atoms with Crippen molar-refractivity contribution in [3.63, 3.8) is 0 Å². The van der Waals surface area contributed by atoms with Gasteiger partial charge in [-0.05, 0) is 83.6 Å². The average Bonchev–Trinajstić information content (AvgIpc) is 3.09. The number of rotatable bonds is 9. The molecule has 0 fully saturated rings. The van der Waals surface area contributed by atoms with Gasteiger partial charge in [-0.15, -0.1) is 0 Å². The van der Waals surface area contributed by atoms with Gasteiger partial charge in [0.25, 0.3) is 0 Å². The minimum Gasteiger partial charge on any atom is -0.311 e. The van der Waals surface area contributed by atoms with Crippen molar-refractivity contribution in [2.24, 2.45) is 0 Å². The summed E-state index contributed by atoms with van der Waals surface area (Å²) >= 11 is 0. The Hall–Kier alpha value is -5.66. The molecule has 0 aliphatic heterocycles. The van der Waals surface area contributed by atoms with Crippen LogP contribution in [0.1, 0.15) is 44.5 Å². The molecule has 0 bridgehead atoms. The lowest BCUT2D eigenvalue weighted by atomic mass is 10.1. The fourth-order valence-electron chi connectivity index (χ4n) is 5.15. The molecule has 0 aliphatic carbocycles. The Morgan fingerprint density at radius 1 is 0.289 bits per heavy atom. The monoisotopic (exact) mass is 579 g/mol. The predicted molar refractivity (Wildman–Crippen MR) is 197 cm³/mol. The number of anilines is 3. The Kier molecular flexibility index (Phi) is 9.29. The molecule has 0 unspecified atom stereocenters. The van der Waals surface area contributed by atoms with Crippen molar-refractivity contribution in [2.75, 3.05) is 4.90 Å². The van der Waals surface area contributed by atoms with E-state index in [1.54, 1.807) is 0 Å². The summed E-state index contributed by atoms with van der Waals surface area (Å²) < 4.78 is 0. The van der Waals surface area contributed by atoms with Gasteiger partial charge in [-0.2, -0.15) is 0 Å². The van der Waals surface area contributed by atoms with Crippen LogP contribution in [0.25, 0.3) is 36.5 Å². The van der Waals surface area contributed by atoms with Gasteiger partial charge >= 0.3 is 0 Å². The zero-order chi connectivity index (χ0) is 30.8. The fourth-order valence-corrected chi connectivity index (χ4v) is 5.15. The normalized spacial score (nSPS) is 11.5. The highest BCUT2D eigenvalue weighted by Crippen LogP contribution is 2.35. The summed E-state index contributed by atoms with van der Waals surface area (Å²) in [4.78, 5) is 2.31. The van der Waals surface area contributed by atoms with Crippen LogP contribution in [0.2, 0.25) is 0 Å². The van der Waals surface area contributed by atoms with E-state index in [-0.39, 0.29) is 0 Å². The lowest BCUT2D eigenvalue weighted by Crippen LogP contribution is -2.09. The molecule has 0 saturated heterocycles. The summed E-state index contributed by atoms with van der Waals surface area (Å²) in [7, 11) is 0. The Balaban J connectivity index is 1.27. The maximum absolute atomic E-state index is 2.31. The average molecular weight is 580 g/mol. The van der Waals surface area contributed by atoms with Gasteiger partial charge < -0.3 is 4.90 Å². The van der Waals surface area contributed by atoms with Gasteiger partial charge in [0.05, 0.1) is 0 Å². The summed E-state index contributed by atoms with van der Waals surface area (Å²) in [6.45, 7) is 4.23. The van der Waals surface area contributed by atoms with Gasteiger partial charge in [-0.3, -0.25) is 0 Å². The van der Waals surface area contributed by atoms with Crippen LogP contribution < -0.4 is 4.90 Å². The first kappa shape index (κ1) is 29.4. The van der Waals surface area contributed by atoms with E-state index in [2.05, 4.69) is 201 Å². The molecule has 1 nitrogen and oxygen atoms in total. The van der Waals surface area contributed by atoms with E-state index in [9.17, 15) is 0 Å². The first-order valence-corrected chi connectivity index (χ1v) is 15.4. The van der Waals surface area contributed by atoms with E-state index in [4.69, 9.17) is 0 Å². The van der Waals surface area contributed by atoms with E-state index in [1.165, 1.54) is 27.8 Å². The topological polar surface area (TPSA) is 3.24 Å². The first-order valence-electron chi connectivity index (χ1n) is 15.4. The van der Waals surface area contributed by atoms with Crippen LogP contribution in [-0.2, 0) is 0 Å². The molecule has 0 atom stereocenters. The first-order chi connectivity index (χ1) is 22.1. The predicted octanol–water partition coefficient (Wildman–Crippen LogP) is 12.3. The van der Waals surface area contributed by atoms with Gasteiger partial charge in [0.2, 0.25) is 0 Å². The van der Waals surface area contributed by atoms with Crippen LogP contribution in [0.15, 0.2) is 152 Å². The minimum absolute atomic E-state index is 1.11. The molecule has 218 valence electrons. The molecule has 0 aromatic heterocycles. The van der Waals surface area contributed by atoms with Crippen LogP contribution in [0.3, 0.4) is 0 Å². The van der Waals surface area contributed by atoms with E-state index in [1.807, 2.05) is 6.07 Å². The molecule has 0 saturated carbocycles. The number of hydrogen-bond donors (Lipinski definition) is 0. The third-order valence-corrected chi connectivity index (χ3v) is 7.81. The van der Waals surface area contributed by atoms with Crippen molar-refractivity contribution < 1.29 is 0 Å². The van der Waals surface area contributed by atoms with Gasteiger partial charge in [0, 0.05) is 17.1 Å². The summed E-state index contributed by atoms with van der Waals surface area (Å²) in [5, 5.41) is 0. The molecule has 6 rings (SSSR count). The number of benzene rings is 6. The highest BCUT2D eigenvalue weighted by Gasteiger charge is 2.12. The van der Waals surface area contributed by atoms with Crippen LogP contribution in [0.5, 0.6) is 0 Å². The number of aryl methyl sites for hydroxylation is 2. The second kappa shape index (κ2) is 14.2. The summed E-state index contributed by atoms with van der Waals surface area (Å²) in [6.07, 6.45) is 13.0. The molecule has 6 aromatic rings. The molecule has 0 spiro atoms. The standard InChI is InChI=1S/C44H37N/c1-34-8-12-37(13-9-34)18-20-40-24-30-43(31-25-40)45(42-28-22-39(23-29-42)17-16-36-6-4-3-5-7-36)44-32-26-41(27-33-44)21-19-38-14-10-35(2)11-15-38/h3-33H,1-2H3/b17-16+,20-18+,21-19+. The Bertz CT molecular complexity index is 1790. The molecule has 0 aliphatic rings. The maximum Gasteiger partial charge on any atom is 0.0462 e.